The van der Waals surface area contributed by atoms with E-state index in [2.05, 4.69) is 5.32 Å². The van der Waals surface area contributed by atoms with E-state index in [-0.39, 0.29) is 17.5 Å². The molecule has 2 aromatic carbocycles. The molecule has 1 amide bonds. The first kappa shape index (κ1) is 19.3. The number of fused-ring (bicyclic) bond motifs is 1. The molecule has 28 heavy (non-hydrogen) atoms. The third kappa shape index (κ3) is 3.93. The number of carbonyl (C=O) groups excluding carboxylic acids is 1. The summed E-state index contributed by atoms with van der Waals surface area (Å²) in [7, 11) is 1.93. The van der Waals surface area contributed by atoms with Gasteiger partial charge in [0.15, 0.2) is 5.82 Å². The number of rotatable bonds is 5. The fourth-order valence-electron chi connectivity index (χ4n) is 2.78. The van der Waals surface area contributed by atoms with Crippen molar-refractivity contribution in [3.05, 3.63) is 48.0 Å². The molecule has 0 aliphatic heterocycles. The number of anilines is 2. The molecule has 0 atom stereocenters. The Kier molecular flexibility index (Phi) is 5.26. The molecule has 0 unspecified atom stereocenters. The first-order valence-electron chi connectivity index (χ1n) is 8.92. The Morgan fingerprint density at radius 2 is 1.71 bits per heavy atom. The van der Waals surface area contributed by atoms with E-state index in [1.54, 1.807) is 6.07 Å². The van der Waals surface area contributed by atoms with Crippen molar-refractivity contribution in [2.45, 2.75) is 26.8 Å². The van der Waals surface area contributed by atoms with Crippen LogP contribution in [-0.4, -0.2) is 40.0 Å². The molecule has 144 valence electrons. The molecule has 0 aliphatic carbocycles. The molecule has 0 aliphatic rings. The topological polar surface area (TPSA) is 95.4 Å². The molecule has 3 aromatic rings. The lowest BCUT2D eigenvalue weighted by molar-refractivity contribution is -0.114. The smallest absolute Gasteiger partial charge is 0.335 e. The number of carboxylic acids is 1. The summed E-state index contributed by atoms with van der Waals surface area (Å²) in [5, 5.41) is 12.0. The number of hydrogen-bond acceptors (Lipinski definition) is 5. The van der Waals surface area contributed by atoms with Crippen LogP contribution in [0.2, 0.25) is 0 Å². The number of hydrogen-bond donors (Lipinski definition) is 2. The van der Waals surface area contributed by atoms with E-state index in [9.17, 15) is 14.7 Å². The van der Waals surface area contributed by atoms with E-state index in [1.165, 1.54) is 19.1 Å². The molecule has 0 radical (unpaired) electrons. The molecule has 1 aromatic heterocycles. The van der Waals surface area contributed by atoms with Crippen molar-refractivity contribution in [3.63, 3.8) is 0 Å². The Morgan fingerprint density at radius 1 is 1.04 bits per heavy atom. The maximum absolute atomic E-state index is 11.3. The number of aromatic carboxylic acids is 1. The minimum atomic E-state index is -1.000. The quantitative estimate of drug-likeness (QED) is 0.701. The van der Waals surface area contributed by atoms with Gasteiger partial charge in [-0.15, -0.1) is 0 Å². The van der Waals surface area contributed by atoms with Gasteiger partial charge in [-0.25, -0.2) is 14.8 Å². The van der Waals surface area contributed by atoms with Crippen LogP contribution >= 0.6 is 0 Å². The van der Waals surface area contributed by atoms with Crippen LogP contribution < -0.4 is 10.2 Å². The van der Waals surface area contributed by atoms with Gasteiger partial charge >= 0.3 is 5.97 Å². The van der Waals surface area contributed by atoms with Gasteiger partial charge in [0.2, 0.25) is 5.91 Å². The molecular weight excluding hydrogens is 356 g/mol. The van der Waals surface area contributed by atoms with Gasteiger partial charge in [-0.1, -0.05) is 12.1 Å². The fraction of sp³-hybridized carbons (Fsp3) is 0.238. The predicted molar refractivity (Wildman–Crippen MR) is 110 cm³/mol. The second-order valence-electron chi connectivity index (χ2n) is 6.87. The van der Waals surface area contributed by atoms with Gasteiger partial charge in [-0.3, -0.25) is 4.79 Å². The predicted octanol–water partition coefficient (Wildman–Crippen LogP) is 3.80. The van der Waals surface area contributed by atoms with Crippen LogP contribution in [0, 0.1) is 0 Å². The standard InChI is InChI=1S/C21H22N4O3/c1-12(2)25(4)20-19(14-5-8-16(9-6-14)22-13(3)26)23-17-10-7-15(21(27)28)11-18(17)24-20/h5-12H,1-4H3,(H,22,26)(H,27,28). The summed E-state index contributed by atoms with van der Waals surface area (Å²) in [5.74, 6) is -0.467. The highest BCUT2D eigenvalue weighted by Crippen LogP contribution is 2.31. The summed E-state index contributed by atoms with van der Waals surface area (Å²) >= 11 is 0. The lowest BCUT2D eigenvalue weighted by Gasteiger charge is -2.25. The summed E-state index contributed by atoms with van der Waals surface area (Å²) in [5.41, 5.74) is 3.57. The third-order valence-electron chi connectivity index (χ3n) is 4.48. The number of carbonyl (C=O) groups is 2. The summed E-state index contributed by atoms with van der Waals surface area (Å²) in [6, 6.07) is 12.3. The number of carboxylic acid groups (broad SMARTS) is 1. The van der Waals surface area contributed by atoms with Crippen LogP contribution in [0.15, 0.2) is 42.5 Å². The van der Waals surface area contributed by atoms with Crippen LogP contribution in [0.25, 0.3) is 22.3 Å². The van der Waals surface area contributed by atoms with Gasteiger partial charge in [0, 0.05) is 31.3 Å². The Morgan fingerprint density at radius 3 is 2.29 bits per heavy atom. The Hall–Kier alpha value is -3.48. The van der Waals surface area contributed by atoms with Crippen molar-refractivity contribution in [1.29, 1.82) is 0 Å². The van der Waals surface area contributed by atoms with Gasteiger partial charge < -0.3 is 15.3 Å². The number of nitrogens with one attached hydrogen (secondary N) is 1. The number of nitrogens with zero attached hydrogens (tertiary/aromatic N) is 3. The SMILES string of the molecule is CC(=O)Nc1ccc(-c2nc3ccc(C(=O)O)cc3nc2N(C)C(C)C)cc1. The van der Waals surface area contributed by atoms with E-state index in [1.807, 2.05) is 50.1 Å². The van der Waals surface area contributed by atoms with E-state index < -0.39 is 5.97 Å². The molecule has 7 nitrogen and oxygen atoms in total. The zero-order valence-corrected chi connectivity index (χ0v) is 16.2. The Balaban J connectivity index is 2.16. The van der Waals surface area contributed by atoms with Gasteiger partial charge in [0.25, 0.3) is 0 Å². The molecule has 0 saturated heterocycles. The van der Waals surface area contributed by atoms with Gasteiger partial charge in [-0.2, -0.15) is 0 Å². The van der Waals surface area contributed by atoms with E-state index in [0.29, 0.717) is 28.2 Å². The minimum absolute atomic E-state index is 0.132. The molecule has 1 heterocycles. The zero-order valence-electron chi connectivity index (χ0n) is 16.2. The molecule has 0 spiro atoms. The van der Waals surface area contributed by atoms with Gasteiger partial charge in [0.1, 0.15) is 5.69 Å². The third-order valence-corrected chi connectivity index (χ3v) is 4.48. The first-order valence-corrected chi connectivity index (χ1v) is 8.92. The molecular formula is C21H22N4O3. The molecule has 2 N–H and O–H groups in total. The van der Waals surface area contributed by atoms with Crippen molar-refractivity contribution in [2.75, 3.05) is 17.3 Å². The van der Waals surface area contributed by atoms with Crippen LogP contribution in [0.3, 0.4) is 0 Å². The maximum Gasteiger partial charge on any atom is 0.335 e. The van der Waals surface area contributed by atoms with Crippen molar-refractivity contribution in [1.82, 2.24) is 9.97 Å². The largest absolute Gasteiger partial charge is 0.478 e. The average Bonchev–Trinajstić information content (AvgIpc) is 2.66. The number of amides is 1. The number of benzene rings is 2. The average molecular weight is 378 g/mol. The highest BCUT2D eigenvalue weighted by molar-refractivity contribution is 5.93. The van der Waals surface area contributed by atoms with Crippen molar-refractivity contribution in [3.8, 4) is 11.3 Å². The molecule has 0 bridgehead atoms. The van der Waals surface area contributed by atoms with Crippen molar-refractivity contribution in [2.24, 2.45) is 0 Å². The highest BCUT2D eigenvalue weighted by atomic mass is 16.4. The maximum atomic E-state index is 11.3. The molecule has 7 heteroatoms. The van der Waals surface area contributed by atoms with E-state index >= 15 is 0 Å². The lowest BCUT2D eigenvalue weighted by Crippen LogP contribution is -2.27. The van der Waals surface area contributed by atoms with E-state index in [4.69, 9.17) is 9.97 Å². The van der Waals surface area contributed by atoms with Gasteiger partial charge in [0.05, 0.1) is 16.6 Å². The Labute approximate surface area is 163 Å². The summed E-state index contributed by atoms with van der Waals surface area (Å²) in [6.07, 6.45) is 0. The first-order chi connectivity index (χ1) is 13.3. The Bertz CT molecular complexity index is 1050. The molecule has 0 saturated carbocycles. The number of aromatic nitrogens is 2. The fourth-order valence-corrected chi connectivity index (χ4v) is 2.78. The minimum Gasteiger partial charge on any atom is -0.478 e. The summed E-state index contributed by atoms with van der Waals surface area (Å²) < 4.78 is 0. The lowest BCUT2D eigenvalue weighted by atomic mass is 10.1. The van der Waals surface area contributed by atoms with Crippen molar-refractivity contribution >= 4 is 34.4 Å². The second kappa shape index (κ2) is 7.64. The second-order valence-corrected chi connectivity index (χ2v) is 6.87. The molecule has 0 fully saturated rings. The zero-order chi connectivity index (χ0) is 20.4. The normalized spacial score (nSPS) is 10.9. The molecule has 3 rings (SSSR count). The summed E-state index contributed by atoms with van der Waals surface area (Å²) in [4.78, 5) is 34.0. The van der Waals surface area contributed by atoms with Crippen molar-refractivity contribution < 1.29 is 14.7 Å². The van der Waals surface area contributed by atoms with Gasteiger partial charge in [-0.05, 0) is 44.2 Å². The van der Waals surface area contributed by atoms with Crippen LogP contribution in [-0.2, 0) is 4.79 Å². The highest BCUT2D eigenvalue weighted by Gasteiger charge is 2.18. The van der Waals surface area contributed by atoms with Crippen LogP contribution in [0.1, 0.15) is 31.1 Å². The van der Waals surface area contributed by atoms with Crippen LogP contribution in [0.5, 0.6) is 0 Å². The van der Waals surface area contributed by atoms with Crippen LogP contribution in [0.4, 0.5) is 11.5 Å². The monoisotopic (exact) mass is 378 g/mol. The van der Waals surface area contributed by atoms with E-state index in [0.717, 1.165) is 5.56 Å². The summed E-state index contributed by atoms with van der Waals surface area (Å²) in [6.45, 7) is 5.55.